The second-order valence-corrected chi connectivity index (χ2v) is 5.96. The smallest absolute Gasteiger partial charge is 0.0332 e. The first-order valence-corrected chi connectivity index (χ1v) is 6.38. The van der Waals surface area contributed by atoms with Crippen molar-refractivity contribution in [2.45, 2.75) is 37.0 Å². The number of thioether (sulfide) groups is 1. The van der Waals surface area contributed by atoms with Crippen LogP contribution in [0.5, 0.6) is 0 Å². The largest absolute Gasteiger partial charge is 0.329 e. The minimum absolute atomic E-state index is 0.412. The molecule has 1 aliphatic carbocycles. The van der Waals surface area contributed by atoms with Crippen molar-refractivity contribution in [1.82, 2.24) is 4.90 Å². The molecule has 1 heterocycles. The molecule has 0 amide bonds. The molecular weight excluding hydrogens is 180 g/mol. The van der Waals surface area contributed by atoms with Crippen LogP contribution >= 0.6 is 11.8 Å². The van der Waals surface area contributed by atoms with Gasteiger partial charge in [-0.25, -0.2) is 0 Å². The summed E-state index contributed by atoms with van der Waals surface area (Å²) in [7, 11) is 0. The third-order valence-corrected chi connectivity index (χ3v) is 4.71. The number of rotatable bonds is 2. The summed E-state index contributed by atoms with van der Waals surface area (Å²) in [6.45, 7) is 5.71. The Kier molecular flexibility index (Phi) is 2.86. The molecule has 1 saturated heterocycles. The molecule has 1 atom stereocenters. The molecule has 0 aromatic carbocycles. The lowest BCUT2D eigenvalue weighted by atomic mass is 9.75. The summed E-state index contributed by atoms with van der Waals surface area (Å²) in [6, 6.07) is 0. The molecule has 0 aromatic rings. The molecular formula is C10H20N2S. The van der Waals surface area contributed by atoms with Crippen LogP contribution in [0.25, 0.3) is 0 Å². The van der Waals surface area contributed by atoms with E-state index in [-0.39, 0.29) is 0 Å². The van der Waals surface area contributed by atoms with Gasteiger partial charge in [-0.3, -0.25) is 4.90 Å². The molecule has 1 unspecified atom stereocenters. The van der Waals surface area contributed by atoms with Crippen molar-refractivity contribution >= 4 is 11.8 Å². The highest BCUT2D eigenvalue weighted by molar-refractivity contribution is 7.99. The van der Waals surface area contributed by atoms with Gasteiger partial charge in [0.05, 0.1) is 0 Å². The highest BCUT2D eigenvalue weighted by Crippen LogP contribution is 2.38. The van der Waals surface area contributed by atoms with Crippen LogP contribution in [0.3, 0.4) is 0 Å². The molecule has 0 aromatic heterocycles. The summed E-state index contributed by atoms with van der Waals surface area (Å²) < 4.78 is 0. The van der Waals surface area contributed by atoms with Crippen LogP contribution in [0.15, 0.2) is 0 Å². The lowest BCUT2D eigenvalue weighted by Gasteiger charge is -2.52. The van der Waals surface area contributed by atoms with E-state index in [4.69, 9.17) is 5.73 Å². The number of hydrogen-bond donors (Lipinski definition) is 1. The fourth-order valence-corrected chi connectivity index (χ4v) is 3.50. The highest BCUT2D eigenvalue weighted by atomic mass is 32.2. The SMILES string of the molecule is CC1CN(C2(CN)CCC2)CCS1. The van der Waals surface area contributed by atoms with Gasteiger partial charge in [0.1, 0.15) is 0 Å². The lowest BCUT2D eigenvalue weighted by molar-refractivity contribution is 0.0272. The number of nitrogens with two attached hydrogens (primary N) is 1. The van der Waals surface area contributed by atoms with Crippen LogP contribution in [0.2, 0.25) is 0 Å². The molecule has 0 spiro atoms. The molecule has 1 aliphatic heterocycles. The summed E-state index contributed by atoms with van der Waals surface area (Å²) in [5.74, 6) is 1.29. The fraction of sp³-hybridized carbons (Fsp3) is 1.00. The molecule has 2 aliphatic rings. The summed E-state index contributed by atoms with van der Waals surface area (Å²) >= 11 is 2.10. The second-order valence-electron chi connectivity index (χ2n) is 4.41. The zero-order chi connectivity index (χ0) is 9.31. The Bertz CT molecular complexity index is 174. The minimum Gasteiger partial charge on any atom is -0.329 e. The van der Waals surface area contributed by atoms with E-state index in [2.05, 4.69) is 23.6 Å². The number of hydrogen-bond acceptors (Lipinski definition) is 3. The van der Waals surface area contributed by atoms with E-state index in [1.807, 2.05) is 0 Å². The molecule has 76 valence electrons. The van der Waals surface area contributed by atoms with Crippen LogP contribution < -0.4 is 5.73 Å². The van der Waals surface area contributed by atoms with Crippen LogP contribution in [0, 0.1) is 0 Å². The Morgan fingerprint density at radius 2 is 2.31 bits per heavy atom. The van der Waals surface area contributed by atoms with Gasteiger partial charge in [0.2, 0.25) is 0 Å². The first kappa shape index (κ1) is 9.81. The normalized spacial score (nSPS) is 34.2. The quantitative estimate of drug-likeness (QED) is 0.728. The lowest BCUT2D eigenvalue weighted by Crippen LogP contribution is -2.61. The van der Waals surface area contributed by atoms with E-state index in [1.165, 1.54) is 38.1 Å². The monoisotopic (exact) mass is 200 g/mol. The maximum Gasteiger partial charge on any atom is 0.0332 e. The van der Waals surface area contributed by atoms with E-state index >= 15 is 0 Å². The molecule has 0 radical (unpaired) electrons. The van der Waals surface area contributed by atoms with Crippen molar-refractivity contribution in [2.24, 2.45) is 5.73 Å². The van der Waals surface area contributed by atoms with Gasteiger partial charge in [-0.1, -0.05) is 6.92 Å². The van der Waals surface area contributed by atoms with Crippen LogP contribution in [-0.4, -0.2) is 41.1 Å². The zero-order valence-corrected chi connectivity index (χ0v) is 9.28. The summed E-state index contributed by atoms with van der Waals surface area (Å²) in [5, 5.41) is 0.803. The molecule has 2 fully saturated rings. The summed E-state index contributed by atoms with van der Waals surface area (Å²) in [4.78, 5) is 2.65. The molecule has 2 rings (SSSR count). The molecule has 2 N–H and O–H groups in total. The maximum absolute atomic E-state index is 5.90. The predicted molar refractivity (Wildman–Crippen MR) is 59.1 cm³/mol. The first-order valence-electron chi connectivity index (χ1n) is 5.33. The van der Waals surface area contributed by atoms with Crippen LogP contribution in [0.4, 0.5) is 0 Å². The third kappa shape index (κ3) is 1.74. The van der Waals surface area contributed by atoms with Crippen LogP contribution in [-0.2, 0) is 0 Å². The predicted octanol–water partition coefficient (Wildman–Crippen LogP) is 1.31. The third-order valence-electron chi connectivity index (χ3n) is 3.58. The van der Waals surface area contributed by atoms with Gasteiger partial charge in [0.25, 0.3) is 0 Å². The molecule has 13 heavy (non-hydrogen) atoms. The van der Waals surface area contributed by atoms with Crippen molar-refractivity contribution in [1.29, 1.82) is 0 Å². The molecule has 1 saturated carbocycles. The summed E-state index contributed by atoms with van der Waals surface area (Å²) in [5.41, 5.74) is 6.31. The fourth-order valence-electron chi connectivity index (χ4n) is 2.48. The topological polar surface area (TPSA) is 29.3 Å². The van der Waals surface area contributed by atoms with Gasteiger partial charge >= 0.3 is 0 Å². The second kappa shape index (κ2) is 3.79. The molecule has 0 bridgehead atoms. The molecule has 2 nitrogen and oxygen atoms in total. The van der Waals surface area contributed by atoms with E-state index in [9.17, 15) is 0 Å². The first-order chi connectivity index (χ1) is 6.27. The van der Waals surface area contributed by atoms with E-state index < -0.39 is 0 Å². The Hall–Kier alpha value is 0.270. The van der Waals surface area contributed by atoms with Crippen molar-refractivity contribution in [3.63, 3.8) is 0 Å². The average molecular weight is 200 g/mol. The van der Waals surface area contributed by atoms with Gasteiger partial charge in [0, 0.05) is 36.2 Å². The van der Waals surface area contributed by atoms with E-state index in [0.717, 1.165) is 11.8 Å². The van der Waals surface area contributed by atoms with Gasteiger partial charge < -0.3 is 5.73 Å². The maximum atomic E-state index is 5.90. The van der Waals surface area contributed by atoms with Gasteiger partial charge in [0.15, 0.2) is 0 Å². The Morgan fingerprint density at radius 1 is 1.54 bits per heavy atom. The number of nitrogens with zero attached hydrogens (tertiary/aromatic N) is 1. The summed E-state index contributed by atoms with van der Waals surface area (Å²) in [6.07, 6.45) is 4.05. The zero-order valence-electron chi connectivity index (χ0n) is 8.46. The van der Waals surface area contributed by atoms with Crippen LogP contribution in [0.1, 0.15) is 26.2 Å². The standard InChI is InChI=1S/C10H20N2S/c1-9-7-12(5-6-13-9)10(8-11)3-2-4-10/h9H,2-8,11H2,1H3. The average Bonchev–Trinajstić information content (AvgIpc) is 2.03. The van der Waals surface area contributed by atoms with Gasteiger partial charge in [-0.05, 0) is 19.3 Å². The highest BCUT2D eigenvalue weighted by Gasteiger charge is 2.42. The Balaban J connectivity index is 1.97. The van der Waals surface area contributed by atoms with Crippen molar-refractivity contribution in [3.8, 4) is 0 Å². The van der Waals surface area contributed by atoms with Crippen molar-refractivity contribution < 1.29 is 0 Å². The van der Waals surface area contributed by atoms with Crippen molar-refractivity contribution in [3.05, 3.63) is 0 Å². The van der Waals surface area contributed by atoms with Gasteiger partial charge in [-0.2, -0.15) is 11.8 Å². The molecule has 3 heteroatoms. The van der Waals surface area contributed by atoms with E-state index in [1.54, 1.807) is 0 Å². The Labute approximate surface area is 85.2 Å². The van der Waals surface area contributed by atoms with E-state index in [0.29, 0.717) is 5.54 Å². The Morgan fingerprint density at radius 3 is 2.77 bits per heavy atom. The van der Waals surface area contributed by atoms with Crippen molar-refractivity contribution in [2.75, 3.05) is 25.4 Å². The minimum atomic E-state index is 0.412. The van der Waals surface area contributed by atoms with Gasteiger partial charge in [-0.15, -0.1) is 0 Å².